The van der Waals surface area contributed by atoms with Gasteiger partial charge < -0.3 is 15.3 Å². The van der Waals surface area contributed by atoms with Crippen molar-refractivity contribution < 1.29 is 5.11 Å². The summed E-state index contributed by atoms with van der Waals surface area (Å²) >= 11 is 0. The van der Waals surface area contributed by atoms with Crippen molar-refractivity contribution >= 4 is 30.8 Å². The molecule has 3 aromatic rings. The van der Waals surface area contributed by atoms with Crippen molar-refractivity contribution in [3.63, 3.8) is 0 Å². The molecule has 2 aromatic heterocycles. The van der Waals surface area contributed by atoms with E-state index in [-0.39, 0.29) is 30.6 Å². The molecule has 0 spiro atoms. The van der Waals surface area contributed by atoms with E-state index in [2.05, 4.69) is 49.4 Å². The number of aromatic amines is 1. The second kappa shape index (κ2) is 10.6. The van der Waals surface area contributed by atoms with Crippen LogP contribution in [0, 0.1) is 5.92 Å². The Labute approximate surface area is 188 Å². The zero-order valence-electron chi connectivity index (χ0n) is 16.9. The van der Waals surface area contributed by atoms with E-state index >= 15 is 0 Å². The van der Waals surface area contributed by atoms with Crippen LogP contribution in [0.4, 0.5) is 5.95 Å². The van der Waals surface area contributed by atoms with E-state index in [1.54, 1.807) is 24.7 Å². The van der Waals surface area contributed by atoms with Crippen molar-refractivity contribution in [1.82, 2.24) is 30.7 Å². The fraction of sp³-hybridized carbons (Fsp3) is 0.400. The third kappa shape index (κ3) is 5.38. The number of rotatable bonds is 6. The van der Waals surface area contributed by atoms with Crippen LogP contribution in [0.3, 0.4) is 0 Å². The molecule has 162 valence electrons. The molecular formula is C20H27Cl2N7O. The quantitative estimate of drug-likeness (QED) is 0.527. The predicted octanol–water partition coefficient (Wildman–Crippen LogP) is 3.30. The highest BCUT2D eigenvalue weighted by Gasteiger charge is 2.24. The van der Waals surface area contributed by atoms with E-state index in [4.69, 9.17) is 0 Å². The number of nitrogens with zero attached hydrogens (tertiary/aromatic N) is 5. The molecule has 0 amide bonds. The minimum absolute atomic E-state index is 0. The summed E-state index contributed by atoms with van der Waals surface area (Å²) in [5, 5.41) is 29.3. The van der Waals surface area contributed by atoms with Gasteiger partial charge in [-0.15, -0.1) is 35.0 Å². The molecule has 1 aliphatic heterocycles. The Bertz CT molecular complexity index is 919. The number of aromatic hydroxyl groups is 1. The number of phenols is 1. The van der Waals surface area contributed by atoms with E-state index in [0.717, 1.165) is 37.2 Å². The lowest BCUT2D eigenvalue weighted by Gasteiger charge is -2.17. The first-order valence-corrected chi connectivity index (χ1v) is 9.60. The molecule has 3 heterocycles. The van der Waals surface area contributed by atoms with Gasteiger partial charge >= 0.3 is 0 Å². The van der Waals surface area contributed by atoms with Crippen LogP contribution >= 0.6 is 24.8 Å². The summed E-state index contributed by atoms with van der Waals surface area (Å²) in [5.74, 6) is 1.41. The number of phenolic OH excluding ortho intramolecular Hbond substituents is 1. The number of aromatic nitrogens is 5. The molecule has 1 aromatic carbocycles. The van der Waals surface area contributed by atoms with E-state index in [9.17, 15) is 5.11 Å². The summed E-state index contributed by atoms with van der Waals surface area (Å²) < 4.78 is 0. The highest BCUT2D eigenvalue weighted by atomic mass is 35.5. The van der Waals surface area contributed by atoms with Crippen molar-refractivity contribution in [2.24, 2.45) is 5.92 Å². The van der Waals surface area contributed by atoms with E-state index in [1.807, 2.05) is 12.1 Å². The smallest absolute Gasteiger partial charge is 0.245 e. The lowest BCUT2D eigenvalue weighted by molar-refractivity contribution is 0.477. The van der Waals surface area contributed by atoms with Gasteiger partial charge in [-0.2, -0.15) is 5.10 Å². The number of nitrogens with one attached hydrogen (secondary N) is 2. The fourth-order valence-electron chi connectivity index (χ4n) is 3.38. The predicted molar refractivity (Wildman–Crippen MR) is 122 cm³/mol. The fourth-order valence-corrected chi connectivity index (χ4v) is 3.38. The topological polar surface area (TPSA) is 103 Å². The van der Waals surface area contributed by atoms with Gasteiger partial charge in [0, 0.05) is 36.5 Å². The van der Waals surface area contributed by atoms with Gasteiger partial charge in [-0.1, -0.05) is 19.9 Å². The average Bonchev–Trinajstić information content (AvgIpc) is 3.39. The lowest BCUT2D eigenvalue weighted by Crippen LogP contribution is -2.35. The Hall–Kier alpha value is -2.42. The van der Waals surface area contributed by atoms with E-state index < -0.39 is 0 Å². The molecule has 0 aliphatic carbocycles. The molecule has 1 saturated heterocycles. The maximum Gasteiger partial charge on any atom is 0.245 e. The Kier molecular flexibility index (Phi) is 8.40. The number of anilines is 1. The Morgan fingerprint density at radius 1 is 1.20 bits per heavy atom. The number of hydrogen-bond acceptors (Lipinski definition) is 7. The minimum atomic E-state index is 0. The van der Waals surface area contributed by atoms with Crippen molar-refractivity contribution in [3.8, 4) is 28.1 Å². The van der Waals surface area contributed by atoms with Crippen LogP contribution in [0.5, 0.6) is 5.75 Å². The van der Waals surface area contributed by atoms with Gasteiger partial charge in [-0.3, -0.25) is 5.10 Å². The van der Waals surface area contributed by atoms with Gasteiger partial charge in [-0.05, 0) is 36.6 Å². The van der Waals surface area contributed by atoms with Crippen molar-refractivity contribution in [3.05, 3.63) is 36.8 Å². The lowest BCUT2D eigenvalue weighted by atomic mass is 10.0. The summed E-state index contributed by atoms with van der Waals surface area (Å²) in [6, 6.07) is 5.90. The summed E-state index contributed by atoms with van der Waals surface area (Å²) in [6.07, 6.45) is 6.24. The first-order chi connectivity index (χ1) is 13.6. The third-order valence-electron chi connectivity index (χ3n) is 4.94. The summed E-state index contributed by atoms with van der Waals surface area (Å²) in [5.41, 5.74) is 2.95. The summed E-state index contributed by atoms with van der Waals surface area (Å²) in [4.78, 5) is 6.63. The molecule has 1 fully saturated rings. The van der Waals surface area contributed by atoms with Crippen LogP contribution in [0.15, 0.2) is 36.8 Å². The number of benzene rings is 1. The second-order valence-corrected chi connectivity index (χ2v) is 7.60. The van der Waals surface area contributed by atoms with Crippen LogP contribution in [0.25, 0.3) is 22.4 Å². The van der Waals surface area contributed by atoms with Crippen molar-refractivity contribution in [1.29, 1.82) is 0 Å². The molecule has 30 heavy (non-hydrogen) atoms. The van der Waals surface area contributed by atoms with Crippen LogP contribution in [-0.4, -0.2) is 56.2 Å². The minimum Gasteiger partial charge on any atom is -0.507 e. The van der Waals surface area contributed by atoms with Gasteiger partial charge in [-0.25, -0.2) is 4.98 Å². The van der Waals surface area contributed by atoms with Crippen molar-refractivity contribution in [2.75, 3.05) is 24.5 Å². The van der Waals surface area contributed by atoms with Gasteiger partial charge in [0.05, 0.1) is 12.4 Å². The van der Waals surface area contributed by atoms with Gasteiger partial charge in [0.15, 0.2) is 0 Å². The highest BCUT2D eigenvalue weighted by molar-refractivity contribution is 5.85. The van der Waals surface area contributed by atoms with Crippen molar-refractivity contribution in [2.45, 2.75) is 26.3 Å². The SMILES string of the molecule is CC(C)CNC1CCN(c2ncc(-c3ccc(-c4cn[nH]c4)cc3O)nn2)C1.Cl.Cl. The Morgan fingerprint density at radius 2 is 2.03 bits per heavy atom. The van der Waals surface area contributed by atoms with Crippen LogP contribution in [0.2, 0.25) is 0 Å². The highest BCUT2D eigenvalue weighted by Crippen LogP contribution is 2.32. The van der Waals surface area contributed by atoms with Gasteiger partial charge in [0.1, 0.15) is 11.4 Å². The molecule has 0 saturated carbocycles. The molecule has 8 nitrogen and oxygen atoms in total. The molecule has 0 bridgehead atoms. The average molecular weight is 452 g/mol. The first-order valence-electron chi connectivity index (χ1n) is 9.60. The number of H-pyrrole nitrogens is 1. The van der Waals surface area contributed by atoms with E-state index in [0.29, 0.717) is 29.2 Å². The maximum absolute atomic E-state index is 10.4. The molecule has 10 heteroatoms. The largest absolute Gasteiger partial charge is 0.507 e. The molecule has 3 N–H and O–H groups in total. The van der Waals surface area contributed by atoms with Crippen LogP contribution in [0.1, 0.15) is 20.3 Å². The standard InChI is InChI=1S/C20H25N7O.2ClH/c1-13(2)8-21-16-5-6-27(12-16)20-22-11-18(25-26-20)17-4-3-14(7-19(17)28)15-9-23-24-10-15;;/h3-4,7,9-11,13,16,21,28H,5-6,8,12H2,1-2H3,(H,23,24);2*1H. The zero-order valence-corrected chi connectivity index (χ0v) is 18.6. The van der Waals surface area contributed by atoms with Crippen LogP contribution < -0.4 is 10.2 Å². The molecule has 1 aliphatic rings. The molecule has 0 radical (unpaired) electrons. The Balaban J connectivity index is 0.00000160. The molecule has 1 unspecified atom stereocenters. The van der Waals surface area contributed by atoms with E-state index in [1.165, 1.54) is 0 Å². The number of hydrogen-bond donors (Lipinski definition) is 3. The number of halogens is 2. The second-order valence-electron chi connectivity index (χ2n) is 7.60. The zero-order chi connectivity index (χ0) is 19.5. The maximum atomic E-state index is 10.4. The first kappa shape index (κ1) is 23.9. The monoisotopic (exact) mass is 451 g/mol. The molecule has 1 atom stereocenters. The molecule has 4 rings (SSSR count). The van der Waals surface area contributed by atoms with Gasteiger partial charge in [0.25, 0.3) is 0 Å². The Morgan fingerprint density at radius 3 is 2.67 bits per heavy atom. The van der Waals surface area contributed by atoms with Crippen LogP contribution in [-0.2, 0) is 0 Å². The molecular weight excluding hydrogens is 425 g/mol. The normalized spacial score (nSPS) is 15.7. The van der Waals surface area contributed by atoms with Gasteiger partial charge in [0.2, 0.25) is 5.95 Å². The summed E-state index contributed by atoms with van der Waals surface area (Å²) in [7, 11) is 0. The summed E-state index contributed by atoms with van der Waals surface area (Å²) in [6.45, 7) is 7.25. The third-order valence-corrected chi connectivity index (χ3v) is 4.94.